The van der Waals surface area contributed by atoms with Gasteiger partial charge in [-0.25, -0.2) is 0 Å². The number of carbonyl (C=O) groups is 1. The number of hydrogen-bond donors (Lipinski definition) is 0. The summed E-state index contributed by atoms with van der Waals surface area (Å²) in [6, 6.07) is 0. The van der Waals surface area contributed by atoms with Crippen LogP contribution in [-0.2, 0) is 4.79 Å². The summed E-state index contributed by atoms with van der Waals surface area (Å²) in [7, 11) is 0. The zero-order valence-electron chi connectivity index (χ0n) is 11.0. The molecule has 0 fully saturated rings. The third kappa shape index (κ3) is 3.71. The third-order valence-electron chi connectivity index (χ3n) is 2.79. The van der Waals surface area contributed by atoms with E-state index in [-0.39, 0.29) is 5.91 Å². The van der Waals surface area contributed by atoms with Gasteiger partial charge in [0.05, 0.1) is 0 Å². The van der Waals surface area contributed by atoms with E-state index in [2.05, 4.69) is 18.7 Å². The van der Waals surface area contributed by atoms with Gasteiger partial charge in [-0.15, -0.1) is 0 Å². The van der Waals surface area contributed by atoms with Crippen molar-refractivity contribution in [2.75, 3.05) is 26.2 Å². The van der Waals surface area contributed by atoms with Crippen LogP contribution in [0.3, 0.4) is 0 Å². The second-order valence-electron chi connectivity index (χ2n) is 3.55. The summed E-state index contributed by atoms with van der Waals surface area (Å²) in [5, 5.41) is 0.340. The zero-order chi connectivity index (χ0) is 12.7. The van der Waals surface area contributed by atoms with Gasteiger partial charge in [0.2, 0.25) is 0 Å². The number of amides is 1. The smallest absolute Gasteiger partial charge is 0.267 e. The Morgan fingerprint density at radius 1 is 0.938 bits per heavy atom. The molecule has 0 aliphatic heterocycles. The first-order valence-corrected chi connectivity index (χ1v) is 6.31. The Bertz CT molecular complexity index is 256. The van der Waals surface area contributed by atoms with Crippen LogP contribution < -0.4 is 0 Å². The first-order valence-electron chi connectivity index (χ1n) is 5.93. The van der Waals surface area contributed by atoms with Crippen LogP contribution in [-0.4, -0.2) is 41.9 Å². The molecule has 0 N–H and O–H groups in total. The molecule has 0 aromatic rings. The van der Waals surface area contributed by atoms with E-state index in [0.29, 0.717) is 18.1 Å². The molecule has 16 heavy (non-hydrogen) atoms. The molecule has 0 aliphatic rings. The molecule has 0 atom stereocenters. The molecule has 0 radical (unpaired) electrons. The van der Waals surface area contributed by atoms with Crippen molar-refractivity contribution < 1.29 is 4.79 Å². The van der Waals surface area contributed by atoms with Gasteiger partial charge in [-0.3, -0.25) is 4.79 Å². The first-order chi connectivity index (χ1) is 7.53. The van der Waals surface area contributed by atoms with Crippen LogP contribution in [0.1, 0.15) is 34.6 Å². The van der Waals surface area contributed by atoms with Crippen molar-refractivity contribution in [3.8, 4) is 0 Å². The van der Waals surface area contributed by atoms with E-state index in [1.54, 1.807) is 4.90 Å². The molecule has 0 aliphatic carbocycles. The summed E-state index contributed by atoms with van der Waals surface area (Å²) in [4.78, 5) is 15.8. The van der Waals surface area contributed by atoms with Crippen LogP contribution in [0.15, 0.2) is 10.7 Å². The summed E-state index contributed by atoms with van der Waals surface area (Å²) in [6.07, 6.45) is 0. The predicted molar refractivity (Wildman–Crippen MR) is 69.4 cm³/mol. The van der Waals surface area contributed by atoms with Gasteiger partial charge in [0.1, 0.15) is 5.03 Å². The number of rotatable bonds is 6. The van der Waals surface area contributed by atoms with Crippen molar-refractivity contribution >= 4 is 17.5 Å². The second-order valence-corrected chi connectivity index (χ2v) is 3.93. The van der Waals surface area contributed by atoms with Gasteiger partial charge < -0.3 is 9.80 Å². The Kier molecular flexibility index (Phi) is 7.22. The highest BCUT2D eigenvalue weighted by Gasteiger charge is 2.17. The van der Waals surface area contributed by atoms with E-state index in [0.717, 1.165) is 18.8 Å². The highest BCUT2D eigenvalue weighted by Crippen LogP contribution is 2.16. The molecule has 4 heteroatoms. The van der Waals surface area contributed by atoms with Crippen LogP contribution in [0.2, 0.25) is 0 Å². The number of halogens is 1. The molecule has 0 rings (SSSR count). The monoisotopic (exact) mass is 246 g/mol. The topological polar surface area (TPSA) is 23.6 Å². The number of nitrogens with zero attached hydrogens (tertiary/aromatic N) is 2. The highest BCUT2D eigenvalue weighted by molar-refractivity contribution is 6.42. The Morgan fingerprint density at radius 3 is 1.62 bits per heavy atom. The summed E-state index contributed by atoms with van der Waals surface area (Å²) in [6.45, 7) is 13.0. The van der Waals surface area contributed by atoms with Gasteiger partial charge in [0, 0.05) is 31.9 Å². The predicted octanol–water partition coefficient (Wildman–Crippen LogP) is 2.67. The van der Waals surface area contributed by atoms with E-state index >= 15 is 0 Å². The fraction of sp³-hybridized carbons (Fsp3) is 0.750. The molecular formula is C12H23ClN2O. The first kappa shape index (κ1) is 15.3. The average molecular weight is 247 g/mol. The lowest BCUT2D eigenvalue weighted by molar-refractivity contribution is -0.126. The SMILES string of the molecule is CCN(CC)C(=O)/C(Cl)=C(\C)N(CC)CC. The van der Waals surface area contributed by atoms with E-state index < -0.39 is 0 Å². The van der Waals surface area contributed by atoms with Crippen LogP contribution in [0.25, 0.3) is 0 Å². The normalized spacial score (nSPS) is 12.1. The average Bonchev–Trinajstić information content (AvgIpc) is 2.30. The van der Waals surface area contributed by atoms with Crippen LogP contribution in [0, 0.1) is 0 Å². The molecule has 0 spiro atoms. The summed E-state index contributed by atoms with van der Waals surface area (Å²) >= 11 is 6.13. The van der Waals surface area contributed by atoms with Gasteiger partial charge in [0.25, 0.3) is 5.91 Å². The molecule has 1 amide bonds. The van der Waals surface area contributed by atoms with Crippen molar-refractivity contribution in [2.24, 2.45) is 0 Å². The Morgan fingerprint density at radius 2 is 1.31 bits per heavy atom. The number of hydrogen-bond acceptors (Lipinski definition) is 2. The molecule has 0 saturated carbocycles. The minimum atomic E-state index is -0.0731. The molecule has 0 aromatic heterocycles. The Hall–Kier alpha value is -0.700. The summed E-state index contributed by atoms with van der Waals surface area (Å²) in [5.74, 6) is -0.0731. The quantitative estimate of drug-likeness (QED) is 0.673. The summed E-state index contributed by atoms with van der Waals surface area (Å²) < 4.78 is 0. The molecular weight excluding hydrogens is 224 g/mol. The van der Waals surface area contributed by atoms with Crippen molar-refractivity contribution in [1.29, 1.82) is 0 Å². The summed E-state index contributed by atoms with van der Waals surface area (Å²) in [5.41, 5.74) is 0.864. The molecule has 94 valence electrons. The minimum absolute atomic E-state index is 0.0731. The lowest BCUT2D eigenvalue weighted by atomic mass is 10.3. The lowest BCUT2D eigenvalue weighted by Crippen LogP contribution is -2.32. The van der Waals surface area contributed by atoms with Crippen molar-refractivity contribution in [1.82, 2.24) is 9.80 Å². The second kappa shape index (κ2) is 7.55. The number of carbonyl (C=O) groups excluding carboxylic acids is 1. The molecule has 0 heterocycles. The van der Waals surface area contributed by atoms with Gasteiger partial charge in [-0.05, 0) is 34.6 Å². The van der Waals surface area contributed by atoms with Crippen LogP contribution in [0.5, 0.6) is 0 Å². The lowest BCUT2D eigenvalue weighted by Gasteiger charge is -2.25. The fourth-order valence-corrected chi connectivity index (χ4v) is 1.88. The van der Waals surface area contributed by atoms with E-state index in [1.165, 1.54) is 0 Å². The van der Waals surface area contributed by atoms with Crippen molar-refractivity contribution in [3.05, 3.63) is 10.7 Å². The van der Waals surface area contributed by atoms with Gasteiger partial charge in [-0.1, -0.05) is 11.6 Å². The Labute approximate surface area is 104 Å². The van der Waals surface area contributed by atoms with Gasteiger partial charge >= 0.3 is 0 Å². The molecule has 0 saturated heterocycles. The largest absolute Gasteiger partial charge is 0.374 e. The van der Waals surface area contributed by atoms with Gasteiger partial charge in [0.15, 0.2) is 0 Å². The minimum Gasteiger partial charge on any atom is -0.374 e. The standard InChI is InChI=1S/C12H23ClN2O/c1-6-14(7-2)10(5)11(13)12(16)15(8-3)9-4/h6-9H2,1-5H3/b11-10-. The Balaban J connectivity index is 4.92. The molecule has 0 unspecified atom stereocenters. The maximum Gasteiger partial charge on any atom is 0.267 e. The van der Waals surface area contributed by atoms with E-state index in [1.807, 2.05) is 20.8 Å². The molecule has 0 aromatic carbocycles. The highest BCUT2D eigenvalue weighted by atomic mass is 35.5. The maximum atomic E-state index is 12.0. The maximum absolute atomic E-state index is 12.0. The number of allylic oxidation sites excluding steroid dienone is 1. The molecule has 3 nitrogen and oxygen atoms in total. The van der Waals surface area contributed by atoms with E-state index in [9.17, 15) is 4.79 Å². The fourth-order valence-electron chi connectivity index (χ4n) is 1.64. The number of likely N-dealkylation sites (N-methyl/N-ethyl adjacent to an activating group) is 1. The van der Waals surface area contributed by atoms with Crippen LogP contribution in [0.4, 0.5) is 0 Å². The molecule has 0 bridgehead atoms. The van der Waals surface area contributed by atoms with E-state index in [4.69, 9.17) is 11.6 Å². The van der Waals surface area contributed by atoms with Gasteiger partial charge in [-0.2, -0.15) is 0 Å². The van der Waals surface area contributed by atoms with Crippen LogP contribution >= 0.6 is 11.6 Å². The van der Waals surface area contributed by atoms with Crippen molar-refractivity contribution in [2.45, 2.75) is 34.6 Å². The van der Waals surface area contributed by atoms with Crippen molar-refractivity contribution in [3.63, 3.8) is 0 Å². The zero-order valence-corrected chi connectivity index (χ0v) is 11.8. The third-order valence-corrected chi connectivity index (χ3v) is 3.23.